The van der Waals surface area contributed by atoms with Crippen molar-refractivity contribution in [1.82, 2.24) is 0 Å². The number of nitrogens with one attached hydrogen (secondary N) is 1. The minimum atomic E-state index is 0.274. The van der Waals surface area contributed by atoms with Crippen LogP contribution in [0.5, 0.6) is 11.5 Å². The van der Waals surface area contributed by atoms with Crippen molar-refractivity contribution in [1.29, 1.82) is 0 Å². The summed E-state index contributed by atoms with van der Waals surface area (Å²) in [5.74, 6) is 1.15. The second-order valence-electron chi connectivity index (χ2n) is 6.24. The van der Waals surface area contributed by atoms with Gasteiger partial charge in [0.25, 0.3) is 0 Å². The number of quaternary nitrogens is 1. The molecular weight excluding hydrogens is 300 g/mol. The zero-order valence-corrected chi connectivity index (χ0v) is 14.1. The minimum absolute atomic E-state index is 0.274. The van der Waals surface area contributed by atoms with Crippen LogP contribution in [0.3, 0.4) is 0 Å². The Labute approximate surface area is 143 Å². The van der Waals surface area contributed by atoms with Gasteiger partial charge < -0.3 is 14.7 Å². The first-order valence-corrected chi connectivity index (χ1v) is 8.54. The highest BCUT2D eigenvalue weighted by atomic mass is 16.5. The molecule has 0 bridgehead atoms. The monoisotopic (exact) mass is 325 g/mol. The molecule has 1 heterocycles. The van der Waals surface area contributed by atoms with Gasteiger partial charge in [-0.2, -0.15) is 0 Å². The predicted molar refractivity (Wildman–Crippen MR) is 96.2 cm³/mol. The highest BCUT2D eigenvalue weighted by molar-refractivity contribution is 5.83. The maximum absolute atomic E-state index is 9.85. The molecule has 0 saturated carbocycles. The van der Waals surface area contributed by atoms with Gasteiger partial charge in [0.15, 0.2) is 0 Å². The van der Waals surface area contributed by atoms with Crippen LogP contribution in [-0.4, -0.2) is 38.1 Å². The summed E-state index contributed by atoms with van der Waals surface area (Å²) in [4.78, 5) is 6.22. The van der Waals surface area contributed by atoms with Crippen molar-refractivity contribution in [3.05, 3.63) is 59.7 Å². The quantitative estimate of drug-likeness (QED) is 0.800. The zero-order valence-electron chi connectivity index (χ0n) is 14.1. The van der Waals surface area contributed by atoms with Gasteiger partial charge in [-0.3, -0.25) is 4.99 Å². The van der Waals surface area contributed by atoms with Gasteiger partial charge in [0.05, 0.1) is 26.7 Å². The maximum Gasteiger partial charge on any atom is 0.133 e. The molecular formula is C20H25N2O2+. The Balaban J connectivity index is 1.76. The Kier molecular flexibility index (Phi) is 5.49. The van der Waals surface area contributed by atoms with Crippen LogP contribution in [0.25, 0.3) is 0 Å². The molecule has 0 aliphatic carbocycles. The number of methoxy groups -OCH3 is 1. The summed E-state index contributed by atoms with van der Waals surface area (Å²) in [6.45, 7) is 3.11. The number of benzene rings is 2. The summed E-state index contributed by atoms with van der Waals surface area (Å²) < 4.78 is 5.26. The molecule has 4 heteroatoms. The van der Waals surface area contributed by atoms with Crippen molar-refractivity contribution in [2.45, 2.75) is 18.9 Å². The van der Waals surface area contributed by atoms with Gasteiger partial charge in [-0.25, -0.2) is 0 Å². The summed E-state index contributed by atoms with van der Waals surface area (Å²) in [5.41, 5.74) is 2.06. The molecule has 1 aliphatic heterocycles. The van der Waals surface area contributed by atoms with Gasteiger partial charge in [-0.15, -0.1) is 0 Å². The number of nitrogens with zero attached hydrogens (tertiary/aromatic N) is 1. The van der Waals surface area contributed by atoms with Gasteiger partial charge >= 0.3 is 0 Å². The molecule has 0 aromatic heterocycles. The number of phenols is 1. The van der Waals surface area contributed by atoms with E-state index in [0.29, 0.717) is 6.04 Å². The smallest absolute Gasteiger partial charge is 0.133 e. The molecule has 4 nitrogen and oxygen atoms in total. The molecule has 0 unspecified atom stereocenters. The van der Waals surface area contributed by atoms with Gasteiger partial charge in [0, 0.05) is 30.2 Å². The fourth-order valence-corrected chi connectivity index (χ4v) is 3.34. The molecule has 0 spiro atoms. The SMILES string of the molecule is COc1ccc([C@H](CN=Cc2ccccc2O)[NH+]2CCCC2)cc1. The van der Waals surface area contributed by atoms with Crippen LogP contribution in [-0.2, 0) is 0 Å². The highest BCUT2D eigenvalue weighted by Crippen LogP contribution is 2.18. The lowest BCUT2D eigenvalue weighted by Crippen LogP contribution is -3.10. The number of para-hydroxylation sites is 1. The average Bonchev–Trinajstić information content (AvgIpc) is 3.15. The number of aliphatic imine (C=N–C) groups is 1. The van der Waals surface area contributed by atoms with Crippen LogP contribution in [0.15, 0.2) is 53.5 Å². The Hall–Kier alpha value is -2.33. The van der Waals surface area contributed by atoms with Crippen LogP contribution < -0.4 is 9.64 Å². The van der Waals surface area contributed by atoms with Crippen LogP contribution in [0.4, 0.5) is 0 Å². The lowest BCUT2D eigenvalue weighted by molar-refractivity contribution is -0.918. The van der Waals surface area contributed by atoms with Gasteiger partial charge in [-0.1, -0.05) is 12.1 Å². The summed E-state index contributed by atoms with van der Waals surface area (Å²) >= 11 is 0. The average molecular weight is 325 g/mol. The second kappa shape index (κ2) is 7.97. The summed E-state index contributed by atoms with van der Waals surface area (Å²) in [7, 11) is 1.69. The van der Waals surface area contributed by atoms with E-state index < -0.39 is 0 Å². The van der Waals surface area contributed by atoms with Crippen LogP contribution in [0.1, 0.15) is 30.0 Å². The van der Waals surface area contributed by atoms with Crippen molar-refractivity contribution in [2.24, 2.45) is 4.99 Å². The molecule has 3 rings (SSSR count). The molecule has 1 atom stereocenters. The summed E-state index contributed by atoms with van der Waals surface area (Å²) in [6.07, 6.45) is 4.34. The molecule has 126 valence electrons. The third kappa shape index (κ3) is 3.95. The molecule has 1 saturated heterocycles. The largest absolute Gasteiger partial charge is 0.507 e. The number of hydrogen-bond acceptors (Lipinski definition) is 3. The lowest BCUT2D eigenvalue weighted by Gasteiger charge is -2.23. The molecule has 0 amide bonds. The third-order valence-corrected chi connectivity index (χ3v) is 4.71. The molecule has 2 N–H and O–H groups in total. The van der Waals surface area contributed by atoms with E-state index in [-0.39, 0.29) is 5.75 Å². The normalized spacial score (nSPS) is 16.5. The van der Waals surface area contributed by atoms with Gasteiger partial charge in [0.1, 0.15) is 17.5 Å². The Bertz CT molecular complexity index is 676. The topological polar surface area (TPSA) is 46.3 Å². The van der Waals surface area contributed by atoms with E-state index in [1.807, 2.05) is 30.3 Å². The first kappa shape index (κ1) is 16.5. The van der Waals surface area contributed by atoms with Crippen LogP contribution in [0.2, 0.25) is 0 Å². The van der Waals surface area contributed by atoms with E-state index in [1.54, 1.807) is 24.3 Å². The van der Waals surface area contributed by atoms with Gasteiger partial charge in [0.2, 0.25) is 0 Å². The Morgan fingerprint density at radius 1 is 1.12 bits per heavy atom. The first-order chi connectivity index (χ1) is 11.8. The molecule has 0 radical (unpaired) electrons. The number of hydrogen-bond donors (Lipinski definition) is 2. The van der Waals surface area contributed by atoms with Crippen molar-refractivity contribution in [3.8, 4) is 11.5 Å². The van der Waals surface area contributed by atoms with Crippen LogP contribution in [0, 0.1) is 0 Å². The summed E-state index contributed by atoms with van der Waals surface area (Å²) in [5, 5.41) is 9.85. The Morgan fingerprint density at radius 3 is 2.50 bits per heavy atom. The molecule has 1 aliphatic rings. The van der Waals surface area contributed by atoms with E-state index in [0.717, 1.165) is 17.9 Å². The van der Waals surface area contributed by atoms with E-state index in [9.17, 15) is 5.11 Å². The minimum Gasteiger partial charge on any atom is -0.507 e. The number of likely N-dealkylation sites (tertiary alicyclic amines) is 1. The standard InChI is InChI=1S/C20H24N2O2/c1-24-18-10-8-16(9-11-18)19(22-12-4-5-13-22)15-21-14-17-6-2-3-7-20(17)23/h2-3,6-11,14,19,23H,4-5,12-13,15H2,1H3/p+1/t19-/m0/s1. The third-order valence-electron chi connectivity index (χ3n) is 4.71. The van der Waals surface area contributed by atoms with E-state index >= 15 is 0 Å². The van der Waals surface area contributed by atoms with Crippen LogP contribution >= 0.6 is 0 Å². The van der Waals surface area contributed by atoms with E-state index in [4.69, 9.17) is 4.74 Å². The second-order valence-corrected chi connectivity index (χ2v) is 6.24. The Morgan fingerprint density at radius 2 is 1.83 bits per heavy atom. The highest BCUT2D eigenvalue weighted by Gasteiger charge is 2.26. The lowest BCUT2D eigenvalue weighted by atomic mass is 10.1. The zero-order chi connectivity index (χ0) is 16.8. The number of rotatable bonds is 6. The molecule has 1 fully saturated rings. The first-order valence-electron chi connectivity index (χ1n) is 8.54. The fourth-order valence-electron chi connectivity index (χ4n) is 3.34. The van der Waals surface area contributed by atoms with E-state index in [2.05, 4.69) is 17.1 Å². The maximum atomic E-state index is 9.85. The fraction of sp³-hybridized carbons (Fsp3) is 0.350. The van der Waals surface area contributed by atoms with Crippen molar-refractivity contribution in [2.75, 3.05) is 26.7 Å². The summed E-state index contributed by atoms with van der Waals surface area (Å²) in [6, 6.07) is 16.0. The number of aromatic hydroxyl groups is 1. The number of phenolic OH excluding ortho intramolecular Hbond substituents is 1. The van der Waals surface area contributed by atoms with Crippen molar-refractivity contribution in [3.63, 3.8) is 0 Å². The molecule has 2 aromatic carbocycles. The van der Waals surface area contributed by atoms with Gasteiger partial charge in [-0.05, 0) is 36.4 Å². The van der Waals surface area contributed by atoms with E-state index in [1.165, 1.54) is 31.5 Å². The van der Waals surface area contributed by atoms with Crippen molar-refractivity contribution >= 4 is 6.21 Å². The van der Waals surface area contributed by atoms with Crippen molar-refractivity contribution < 1.29 is 14.7 Å². The number of ether oxygens (including phenoxy) is 1. The molecule has 2 aromatic rings. The predicted octanol–water partition coefficient (Wildman–Crippen LogP) is 2.24. The molecule has 24 heavy (non-hydrogen) atoms.